The number of benzene rings is 2. The Kier molecular flexibility index (Phi) is 6.70. The molecule has 156 valence electrons. The molecule has 1 heterocycles. The van der Waals surface area contributed by atoms with E-state index >= 15 is 0 Å². The van der Waals surface area contributed by atoms with E-state index in [2.05, 4.69) is 10.5 Å². The van der Waals surface area contributed by atoms with Crippen molar-refractivity contribution in [3.05, 3.63) is 75.0 Å². The first-order valence-corrected chi connectivity index (χ1v) is 9.81. The molecule has 0 saturated heterocycles. The Bertz CT molecular complexity index is 1120. The highest BCUT2D eigenvalue weighted by Crippen LogP contribution is 2.29. The molecule has 0 saturated carbocycles. The van der Waals surface area contributed by atoms with Crippen molar-refractivity contribution >= 4 is 35.3 Å². The van der Waals surface area contributed by atoms with Crippen LogP contribution in [0.15, 0.2) is 47.6 Å². The maximum atomic E-state index is 12.4. The average molecular weight is 446 g/mol. The van der Waals surface area contributed by atoms with Crippen molar-refractivity contribution in [1.29, 1.82) is 0 Å². The number of aromatic nitrogens is 1. The highest BCUT2D eigenvalue weighted by molar-refractivity contribution is 6.34. The number of carbonyl (C=O) groups excluding carboxylic acids is 1. The maximum absolute atomic E-state index is 12.4. The minimum atomic E-state index is -0.362. The summed E-state index contributed by atoms with van der Waals surface area (Å²) in [6, 6.07) is 12.2. The van der Waals surface area contributed by atoms with Crippen molar-refractivity contribution < 1.29 is 14.3 Å². The predicted octanol–water partition coefficient (Wildman–Crippen LogP) is 5.18. The fraction of sp³-hybridized carbons (Fsp3) is 0.182. The summed E-state index contributed by atoms with van der Waals surface area (Å²) < 4.78 is 12.4. The van der Waals surface area contributed by atoms with E-state index in [0.717, 1.165) is 22.6 Å². The van der Waals surface area contributed by atoms with E-state index in [1.807, 2.05) is 30.5 Å². The summed E-state index contributed by atoms with van der Waals surface area (Å²) in [6.07, 6.45) is 1.59. The minimum absolute atomic E-state index is 0.362. The van der Waals surface area contributed by atoms with E-state index < -0.39 is 0 Å². The fourth-order valence-electron chi connectivity index (χ4n) is 3.15. The van der Waals surface area contributed by atoms with E-state index in [-0.39, 0.29) is 5.91 Å². The SMILES string of the molecule is COc1ccc(C(=O)N/N=C\c2cc(C)n(-c3cc(Cl)ccc3Cl)c2C)cc1OC. The first-order valence-electron chi connectivity index (χ1n) is 9.05. The molecule has 0 spiro atoms. The molecule has 3 aromatic rings. The van der Waals surface area contributed by atoms with Gasteiger partial charge in [-0.1, -0.05) is 23.2 Å². The third-order valence-corrected chi connectivity index (χ3v) is 5.19. The zero-order valence-electron chi connectivity index (χ0n) is 17.0. The van der Waals surface area contributed by atoms with Crippen molar-refractivity contribution in [2.24, 2.45) is 5.10 Å². The molecule has 0 unspecified atom stereocenters. The molecule has 0 aliphatic carbocycles. The van der Waals surface area contributed by atoms with Gasteiger partial charge in [-0.05, 0) is 56.3 Å². The maximum Gasteiger partial charge on any atom is 0.271 e. The van der Waals surface area contributed by atoms with Gasteiger partial charge in [-0.3, -0.25) is 4.79 Å². The van der Waals surface area contributed by atoms with Crippen molar-refractivity contribution in [2.45, 2.75) is 13.8 Å². The summed E-state index contributed by atoms with van der Waals surface area (Å²) >= 11 is 12.5. The number of nitrogens with zero attached hydrogens (tertiary/aromatic N) is 2. The number of hydrogen-bond acceptors (Lipinski definition) is 4. The number of halogens is 2. The molecule has 30 heavy (non-hydrogen) atoms. The van der Waals surface area contributed by atoms with E-state index in [9.17, 15) is 4.79 Å². The molecular weight excluding hydrogens is 425 g/mol. The molecular formula is C22H21Cl2N3O3. The molecule has 0 aliphatic heterocycles. The lowest BCUT2D eigenvalue weighted by atomic mass is 10.2. The van der Waals surface area contributed by atoms with Crippen LogP contribution in [-0.4, -0.2) is 30.9 Å². The third kappa shape index (κ3) is 4.45. The highest BCUT2D eigenvalue weighted by atomic mass is 35.5. The summed E-state index contributed by atoms with van der Waals surface area (Å²) in [4.78, 5) is 12.4. The van der Waals surface area contributed by atoms with Gasteiger partial charge in [0.25, 0.3) is 5.91 Å². The van der Waals surface area contributed by atoms with Gasteiger partial charge in [0.2, 0.25) is 0 Å². The topological polar surface area (TPSA) is 64.8 Å². The Morgan fingerprint density at radius 2 is 1.77 bits per heavy atom. The van der Waals surface area contributed by atoms with Crippen molar-refractivity contribution in [1.82, 2.24) is 9.99 Å². The number of amides is 1. The number of aryl methyl sites for hydroxylation is 1. The predicted molar refractivity (Wildman–Crippen MR) is 120 cm³/mol. The second-order valence-electron chi connectivity index (χ2n) is 6.53. The normalized spacial score (nSPS) is 11.0. The highest BCUT2D eigenvalue weighted by Gasteiger charge is 2.13. The van der Waals surface area contributed by atoms with Crippen LogP contribution in [0.4, 0.5) is 0 Å². The van der Waals surface area contributed by atoms with Gasteiger partial charge >= 0.3 is 0 Å². The lowest BCUT2D eigenvalue weighted by molar-refractivity contribution is 0.0954. The molecule has 0 fully saturated rings. The molecule has 3 rings (SSSR count). The van der Waals surface area contributed by atoms with Gasteiger partial charge in [-0.2, -0.15) is 5.10 Å². The van der Waals surface area contributed by atoms with Gasteiger partial charge in [0.15, 0.2) is 11.5 Å². The van der Waals surface area contributed by atoms with Crippen LogP contribution in [0.3, 0.4) is 0 Å². The van der Waals surface area contributed by atoms with Gasteiger partial charge in [0.1, 0.15) is 0 Å². The van der Waals surface area contributed by atoms with Crippen molar-refractivity contribution in [3.8, 4) is 17.2 Å². The molecule has 0 radical (unpaired) electrons. The van der Waals surface area contributed by atoms with Gasteiger partial charge < -0.3 is 14.0 Å². The van der Waals surface area contributed by atoms with Crippen LogP contribution in [-0.2, 0) is 0 Å². The average Bonchev–Trinajstić information content (AvgIpc) is 3.02. The van der Waals surface area contributed by atoms with Crippen LogP contribution < -0.4 is 14.9 Å². The Balaban J connectivity index is 1.81. The van der Waals surface area contributed by atoms with Crippen LogP contribution in [0, 0.1) is 13.8 Å². The number of ether oxygens (including phenoxy) is 2. The third-order valence-electron chi connectivity index (χ3n) is 4.63. The molecule has 8 heteroatoms. The lowest BCUT2D eigenvalue weighted by Crippen LogP contribution is -2.17. The summed E-state index contributed by atoms with van der Waals surface area (Å²) in [5, 5.41) is 5.28. The van der Waals surface area contributed by atoms with Crippen LogP contribution in [0.1, 0.15) is 27.3 Å². The number of hydrazone groups is 1. The van der Waals surface area contributed by atoms with E-state index in [1.165, 1.54) is 14.2 Å². The number of methoxy groups -OCH3 is 2. The van der Waals surface area contributed by atoms with E-state index in [1.54, 1.807) is 36.5 Å². The number of carbonyl (C=O) groups is 1. The second-order valence-corrected chi connectivity index (χ2v) is 7.37. The Labute approximate surface area is 185 Å². The molecule has 0 atom stereocenters. The minimum Gasteiger partial charge on any atom is -0.493 e. The first kappa shape index (κ1) is 21.7. The number of nitrogens with one attached hydrogen (secondary N) is 1. The van der Waals surface area contributed by atoms with Gasteiger partial charge in [0, 0.05) is 27.5 Å². The zero-order chi connectivity index (χ0) is 21.8. The molecule has 2 aromatic carbocycles. The van der Waals surface area contributed by atoms with Crippen LogP contribution in [0.2, 0.25) is 10.0 Å². The molecule has 1 N–H and O–H groups in total. The number of rotatable bonds is 6. The Hall–Kier alpha value is -2.96. The van der Waals surface area contributed by atoms with E-state index in [4.69, 9.17) is 32.7 Å². The molecule has 0 bridgehead atoms. The van der Waals surface area contributed by atoms with Crippen LogP contribution >= 0.6 is 23.2 Å². The number of hydrogen-bond donors (Lipinski definition) is 1. The van der Waals surface area contributed by atoms with Crippen LogP contribution in [0.25, 0.3) is 5.69 Å². The monoisotopic (exact) mass is 445 g/mol. The summed E-state index contributed by atoms with van der Waals surface area (Å²) in [5.41, 5.74) is 6.44. The van der Waals surface area contributed by atoms with Crippen molar-refractivity contribution in [2.75, 3.05) is 14.2 Å². The smallest absolute Gasteiger partial charge is 0.271 e. The Morgan fingerprint density at radius 1 is 1.03 bits per heavy atom. The molecule has 1 amide bonds. The van der Waals surface area contributed by atoms with Crippen molar-refractivity contribution in [3.63, 3.8) is 0 Å². The Morgan fingerprint density at radius 3 is 2.47 bits per heavy atom. The largest absolute Gasteiger partial charge is 0.493 e. The molecule has 0 aliphatic rings. The quantitative estimate of drug-likeness (QED) is 0.419. The summed E-state index contributed by atoms with van der Waals surface area (Å²) in [5.74, 6) is 0.652. The summed E-state index contributed by atoms with van der Waals surface area (Å²) in [6.45, 7) is 3.91. The van der Waals surface area contributed by atoms with Crippen LogP contribution in [0.5, 0.6) is 11.5 Å². The standard InChI is InChI=1S/C22H21Cl2N3O3/c1-13-9-16(14(2)27(13)19-11-17(23)6-7-18(19)24)12-25-26-22(28)15-5-8-20(29-3)21(10-15)30-4/h5-12H,1-4H3,(H,26,28)/b25-12-. The van der Waals surface area contributed by atoms with Gasteiger partial charge in [-0.15, -0.1) is 0 Å². The second kappa shape index (κ2) is 9.24. The van der Waals surface area contributed by atoms with E-state index in [0.29, 0.717) is 27.1 Å². The first-order chi connectivity index (χ1) is 14.3. The molecule has 6 nitrogen and oxygen atoms in total. The fourth-order valence-corrected chi connectivity index (χ4v) is 3.52. The zero-order valence-corrected chi connectivity index (χ0v) is 18.5. The van der Waals surface area contributed by atoms with Gasteiger partial charge in [-0.25, -0.2) is 5.43 Å². The molecule has 1 aromatic heterocycles. The van der Waals surface area contributed by atoms with Gasteiger partial charge in [0.05, 0.1) is 31.1 Å². The summed E-state index contributed by atoms with van der Waals surface area (Å²) in [7, 11) is 3.05. The lowest BCUT2D eigenvalue weighted by Gasteiger charge is -2.12.